The van der Waals surface area contributed by atoms with Gasteiger partial charge in [-0.2, -0.15) is 0 Å². The summed E-state index contributed by atoms with van der Waals surface area (Å²) in [7, 11) is 0. The number of rotatable bonds is 4. The predicted octanol–water partition coefficient (Wildman–Crippen LogP) is 4.50. The van der Waals surface area contributed by atoms with Crippen LogP contribution in [0.1, 0.15) is 23.4 Å². The first kappa shape index (κ1) is 12.7. The molecule has 17 heavy (non-hydrogen) atoms. The molecule has 0 saturated carbocycles. The van der Waals surface area contributed by atoms with E-state index < -0.39 is 0 Å². The Kier molecular flexibility index (Phi) is 4.31. The Morgan fingerprint density at radius 3 is 2.88 bits per heavy atom. The molecule has 90 valence electrons. The van der Waals surface area contributed by atoms with E-state index in [9.17, 15) is 4.39 Å². The van der Waals surface area contributed by atoms with Crippen molar-refractivity contribution in [2.24, 2.45) is 0 Å². The van der Waals surface area contributed by atoms with Crippen molar-refractivity contribution in [3.05, 3.63) is 56.4 Å². The number of hydrogen-bond donors (Lipinski definition) is 1. The molecule has 1 unspecified atom stereocenters. The molecule has 1 heterocycles. The standard InChI is InChI=1S/C13H13BrFNS/c1-9(10-3-2-4-12(15)5-10)16-7-13-6-11(14)8-17-13/h2-6,8-9,16H,7H2,1H3. The molecule has 0 spiro atoms. The van der Waals surface area contributed by atoms with Gasteiger partial charge in [0.05, 0.1) is 0 Å². The summed E-state index contributed by atoms with van der Waals surface area (Å²) in [6.45, 7) is 2.84. The van der Waals surface area contributed by atoms with E-state index in [1.54, 1.807) is 23.5 Å². The van der Waals surface area contributed by atoms with Crippen molar-refractivity contribution in [3.63, 3.8) is 0 Å². The molecule has 2 rings (SSSR count). The van der Waals surface area contributed by atoms with Crippen LogP contribution in [0, 0.1) is 5.82 Å². The van der Waals surface area contributed by atoms with E-state index in [2.05, 4.69) is 32.7 Å². The van der Waals surface area contributed by atoms with E-state index in [1.165, 1.54) is 10.9 Å². The van der Waals surface area contributed by atoms with E-state index in [0.717, 1.165) is 16.6 Å². The maximum Gasteiger partial charge on any atom is 0.123 e. The molecule has 0 fully saturated rings. The van der Waals surface area contributed by atoms with Gasteiger partial charge in [-0.1, -0.05) is 12.1 Å². The number of hydrogen-bond acceptors (Lipinski definition) is 2. The normalized spacial score (nSPS) is 12.6. The molecule has 1 atom stereocenters. The van der Waals surface area contributed by atoms with Gasteiger partial charge >= 0.3 is 0 Å². The second-order valence-electron chi connectivity index (χ2n) is 3.89. The molecular formula is C13H13BrFNS. The molecular weight excluding hydrogens is 301 g/mol. The summed E-state index contributed by atoms with van der Waals surface area (Å²) < 4.78 is 14.2. The third-order valence-corrected chi connectivity index (χ3v) is 4.25. The Bertz CT molecular complexity index is 498. The molecule has 0 aliphatic rings. The van der Waals surface area contributed by atoms with Crippen LogP contribution in [-0.4, -0.2) is 0 Å². The van der Waals surface area contributed by atoms with Gasteiger partial charge in [-0.15, -0.1) is 11.3 Å². The lowest BCUT2D eigenvalue weighted by Crippen LogP contribution is -2.17. The summed E-state index contributed by atoms with van der Waals surface area (Å²) in [5.74, 6) is -0.185. The Morgan fingerprint density at radius 2 is 2.24 bits per heavy atom. The fourth-order valence-electron chi connectivity index (χ4n) is 1.59. The van der Waals surface area contributed by atoms with Crippen molar-refractivity contribution in [1.29, 1.82) is 0 Å². The molecule has 4 heteroatoms. The van der Waals surface area contributed by atoms with Crippen molar-refractivity contribution in [2.75, 3.05) is 0 Å². The lowest BCUT2D eigenvalue weighted by Gasteiger charge is -2.13. The molecule has 2 aromatic rings. The van der Waals surface area contributed by atoms with Crippen LogP contribution < -0.4 is 5.32 Å². The average molecular weight is 314 g/mol. The zero-order valence-corrected chi connectivity index (χ0v) is 11.8. The van der Waals surface area contributed by atoms with Crippen molar-refractivity contribution in [1.82, 2.24) is 5.32 Å². The fourth-order valence-corrected chi connectivity index (χ4v) is 3.00. The lowest BCUT2D eigenvalue weighted by molar-refractivity contribution is 0.568. The van der Waals surface area contributed by atoms with Gasteiger partial charge in [-0.25, -0.2) is 4.39 Å². The van der Waals surface area contributed by atoms with Gasteiger partial charge in [0, 0.05) is 27.3 Å². The molecule has 0 amide bonds. The van der Waals surface area contributed by atoms with Crippen molar-refractivity contribution in [2.45, 2.75) is 19.5 Å². The minimum Gasteiger partial charge on any atom is -0.305 e. The van der Waals surface area contributed by atoms with Crippen LogP contribution in [-0.2, 0) is 6.54 Å². The summed E-state index contributed by atoms with van der Waals surface area (Å²) in [5.41, 5.74) is 0.973. The summed E-state index contributed by atoms with van der Waals surface area (Å²) in [5, 5.41) is 5.44. The highest BCUT2D eigenvalue weighted by Gasteiger charge is 2.06. The summed E-state index contributed by atoms with van der Waals surface area (Å²) in [6.07, 6.45) is 0. The molecule has 1 aromatic carbocycles. The largest absolute Gasteiger partial charge is 0.305 e. The van der Waals surface area contributed by atoms with Gasteiger partial charge in [0.2, 0.25) is 0 Å². The summed E-state index contributed by atoms with van der Waals surface area (Å²) >= 11 is 5.13. The monoisotopic (exact) mass is 313 g/mol. The Morgan fingerprint density at radius 1 is 1.41 bits per heavy atom. The van der Waals surface area contributed by atoms with Crippen LogP contribution in [0.5, 0.6) is 0 Å². The van der Waals surface area contributed by atoms with Crippen molar-refractivity contribution >= 4 is 27.3 Å². The zero-order valence-electron chi connectivity index (χ0n) is 9.41. The van der Waals surface area contributed by atoms with E-state index in [-0.39, 0.29) is 11.9 Å². The van der Waals surface area contributed by atoms with Crippen LogP contribution in [0.15, 0.2) is 40.2 Å². The van der Waals surface area contributed by atoms with E-state index in [4.69, 9.17) is 0 Å². The fraction of sp³-hybridized carbons (Fsp3) is 0.231. The lowest BCUT2D eigenvalue weighted by atomic mass is 10.1. The SMILES string of the molecule is CC(NCc1cc(Br)cs1)c1cccc(F)c1. The van der Waals surface area contributed by atoms with Crippen LogP contribution in [0.2, 0.25) is 0 Å². The van der Waals surface area contributed by atoms with Gasteiger partial charge in [0.1, 0.15) is 5.82 Å². The zero-order chi connectivity index (χ0) is 12.3. The third-order valence-electron chi connectivity index (χ3n) is 2.55. The van der Waals surface area contributed by atoms with Crippen LogP contribution >= 0.6 is 27.3 Å². The minimum atomic E-state index is -0.185. The number of benzene rings is 1. The number of halogens is 2. The van der Waals surface area contributed by atoms with Gasteiger partial charge in [-0.3, -0.25) is 0 Å². The summed E-state index contributed by atoms with van der Waals surface area (Å²) in [4.78, 5) is 1.26. The van der Waals surface area contributed by atoms with E-state index >= 15 is 0 Å². The molecule has 0 bridgehead atoms. The van der Waals surface area contributed by atoms with E-state index in [1.807, 2.05) is 13.0 Å². The first-order valence-electron chi connectivity index (χ1n) is 5.37. The highest BCUT2D eigenvalue weighted by atomic mass is 79.9. The van der Waals surface area contributed by atoms with E-state index in [0.29, 0.717) is 0 Å². The Labute approximate surface area is 113 Å². The molecule has 1 N–H and O–H groups in total. The van der Waals surface area contributed by atoms with Gasteiger partial charge in [0.15, 0.2) is 0 Å². The topological polar surface area (TPSA) is 12.0 Å². The highest BCUT2D eigenvalue weighted by Crippen LogP contribution is 2.21. The Balaban J connectivity index is 1.95. The molecule has 0 aliphatic heterocycles. The molecule has 0 radical (unpaired) electrons. The smallest absolute Gasteiger partial charge is 0.123 e. The Hall–Kier alpha value is -0.710. The quantitative estimate of drug-likeness (QED) is 0.876. The molecule has 1 nitrogen and oxygen atoms in total. The first-order chi connectivity index (χ1) is 8.15. The van der Waals surface area contributed by atoms with Gasteiger partial charge in [0.25, 0.3) is 0 Å². The number of thiophene rings is 1. The second kappa shape index (κ2) is 5.76. The van der Waals surface area contributed by atoms with Gasteiger partial charge in [-0.05, 0) is 46.6 Å². The first-order valence-corrected chi connectivity index (χ1v) is 7.04. The maximum absolute atomic E-state index is 13.1. The van der Waals surface area contributed by atoms with Crippen molar-refractivity contribution < 1.29 is 4.39 Å². The second-order valence-corrected chi connectivity index (χ2v) is 5.80. The van der Waals surface area contributed by atoms with Crippen molar-refractivity contribution in [3.8, 4) is 0 Å². The highest BCUT2D eigenvalue weighted by molar-refractivity contribution is 9.10. The maximum atomic E-state index is 13.1. The third kappa shape index (κ3) is 3.63. The molecule has 0 aliphatic carbocycles. The van der Waals surface area contributed by atoms with Crippen LogP contribution in [0.3, 0.4) is 0 Å². The predicted molar refractivity (Wildman–Crippen MR) is 73.7 cm³/mol. The molecule has 1 aromatic heterocycles. The average Bonchev–Trinajstić information content (AvgIpc) is 2.72. The summed E-state index contributed by atoms with van der Waals surface area (Å²) in [6, 6.07) is 8.95. The minimum absolute atomic E-state index is 0.145. The molecule has 0 saturated heterocycles. The van der Waals surface area contributed by atoms with Gasteiger partial charge < -0.3 is 5.32 Å². The number of nitrogens with one attached hydrogen (secondary N) is 1. The van der Waals surface area contributed by atoms with Crippen LogP contribution in [0.4, 0.5) is 4.39 Å². The van der Waals surface area contributed by atoms with Crippen LogP contribution in [0.25, 0.3) is 0 Å².